The molecule has 0 aromatic carbocycles. The van der Waals surface area contributed by atoms with Crippen molar-refractivity contribution in [3.63, 3.8) is 0 Å². The summed E-state index contributed by atoms with van der Waals surface area (Å²) in [6, 6.07) is 6.06. The summed E-state index contributed by atoms with van der Waals surface area (Å²) in [6.07, 6.45) is 6.28. The Kier molecular flexibility index (Phi) is 4.97. The Labute approximate surface area is 169 Å². The fourth-order valence-electron chi connectivity index (χ4n) is 4.30. The van der Waals surface area contributed by atoms with Gasteiger partial charge in [-0.25, -0.2) is 9.97 Å². The number of ether oxygens (including phenoxy) is 1. The lowest BCUT2D eigenvalue weighted by Crippen LogP contribution is -2.34. The zero-order chi connectivity index (χ0) is 19.6. The molecule has 0 unspecified atom stereocenters. The Morgan fingerprint density at radius 2 is 1.76 bits per heavy atom. The number of aromatic nitrogens is 6. The van der Waals surface area contributed by atoms with Crippen LogP contribution >= 0.6 is 0 Å². The number of hydrogen-bond donors (Lipinski definition) is 0. The van der Waals surface area contributed by atoms with Gasteiger partial charge in [-0.1, -0.05) is 0 Å². The monoisotopic (exact) mass is 394 g/mol. The maximum Gasteiger partial charge on any atom is 0.178 e. The largest absolute Gasteiger partial charge is 0.377 e. The number of piperidine rings is 1. The van der Waals surface area contributed by atoms with Gasteiger partial charge in [0.05, 0.1) is 0 Å². The Morgan fingerprint density at radius 3 is 2.55 bits per heavy atom. The molecule has 0 saturated carbocycles. The highest BCUT2D eigenvalue weighted by Gasteiger charge is 2.26. The van der Waals surface area contributed by atoms with Crippen molar-refractivity contribution < 1.29 is 4.74 Å². The lowest BCUT2D eigenvalue weighted by atomic mass is 9.96. The highest BCUT2D eigenvalue weighted by molar-refractivity contribution is 5.46. The predicted molar refractivity (Wildman–Crippen MR) is 109 cm³/mol. The molecule has 152 valence electrons. The van der Waals surface area contributed by atoms with E-state index in [2.05, 4.69) is 36.0 Å². The van der Waals surface area contributed by atoms with Gasteiger partial charge in [-0.15, -0.1) is 15.3 Å². The fraction of sp³-hybridized carbons (Fsp3) is 0.550. The van der Waals surface area contributed by atoms with Crippen molar-refractivity contribution in [2.24, 2.45) is 0 Å². The number of nitrogens with zero attached hydrogens (tertiary/aromatic N) is 8. The molecular formula is C20H26N8O. The summed E-state index contributed by atoms with van der Waals surface area (Å²) in [7, 11) is 1.66. The molecule has 3 aromatic rings. The molecule has 0 spiro atoms. The summed E-state index contributed by atoms with van der Waals surface area (Å²) in [4.78, 5) is 13.5. The summed E-state index contributed by atoms with van der Waals surface area (Å²) in [5.41, 5.74) is 0.824. The molecule has 0 amide bonds. The minimum absolute atomic E-state index is 0.350. The quantitative estimate of drug-likeness (QED) is 0.650. The predicted octanol–water partition coefficient (Wildman–Crippen LogP) is 2.04. The number of anilines is 2. The van der Waals surface area contributed by atoms with Crippen LogP contribution in [0.4, 0.5) is 11.6 Å². The smallest absolute Gasteiger partial charge is 0.178 e. The average Bonchev–Trinajstić information content (AvgIpc) is 3.44. The lowest BCUT2D eigenvalue weighted by molar-refractivity contribution is 0.178. The molecule has 0 aliphatic carbocycles. The first-order valence-electron chi connectivity index (χ1n) is 10.3. The molecule has 0 N–H and O–H groups in total. The van der Waals surface area contributed by atoms with Crippen molar-refractivity contribution in [2.45, 2.75) is 38.2 Å². The van der Waals surface area contributed by atoms with Gasteiger partial charge in [0.1, 0.15) is 18.2 Å². The zero-order valence-electron chi connectivity index (χ0n) is 16.7. The Balaban J connectivity index is 1.32. The highest BCUT2D eigenvalue weighted by Crippen LogP contribution is 2.29. The number of methoxy groups -OCH3 is 1. The molecule has 0 atom stereocenters. The van der Waals surface area contributed by atoms with Gasteiger partial charge in [0.15, 0.2) is 17.3 Å². The molecule has 9 heteroatoms. The topological polar surface area (TPSA) is 84.6 Å². The van der Waals surface area contributed by atoms with Crippen LogP contribution in [0.5, 0.6) is 0 Å². The van der Waals surface area contributed by atoms with E-state index in [1.54, 1.807) is 13.3 Å². The summed E-state index contributed by atoms with van der Waals surface area (Å²) in [6.45, 7) is 4.45. The molecule has 2 fully saturated rings. The van der Waals surface area contributed by atoms with Gasteiger partial charge in [-0.3, -0.25) is 0 Å². The van der Waals surface area contributed by atoms with Crippen molar-refractivity contribution in [2.75, 3.05) is 43.1 Å². The van der Waals surface area contributed by atoms with Crippen molar-refractivity contribution in [1.82, 2.24) is 29.8 Å². The first-order chi connectivity index (χ1) is 14.3. The van der Waals surface area contributed by atoms with Crippen LogP contribution in [0.25, 0.3) is 5.65 Å². The van der Waals surface area contributed by atoms with Crippen LogP contribution in [-0.2, 0) is 11.3 Å². The average molecular weight is 394 g/mol. The van der Waals surface area contributed by atoms with E-state index in [0.717, 1.165) is 62.1 Å². The molecule has 5 rings (SSSR count). The van der Waals surface area contributed by atoms with E-state index in [1.165, 1.54) is 12.8 Å². The van der Waals surface area contributed by atoms with E-state index >= 15 is 0 Å². The van der Waals surface area contributed by atoms with Crippen molar-refractivity contribution >= 4 is 17.3 Å². The summed E-state index contributed by atoms with van der Waals surface area (Å²) < 4.78 is 7.11. The van der Waals surface area contributed by atoms with Crippen LogP contribution in [-0.4, -0.2) is 63.1 Å². The standard InChI is InChI=1S/C20H26N8O/c1-29-14-16-21-9-6-17(22-16)27-12-7-15(8-13-27)20-24-23-18-4-5-19(25-28(18)20)26-10-2-3-11-26/h4-6,9,15H,2-3,7-8,10-14H2,1H3. The number of rotatable bonds is 5. The van der Waals surface area contributed by atoms with E-state index in [4.69, 9.17) is 9.84 Å². The Bertz CT molecular complexity index is 976. The van der Waals surface area contributed by atoms with E-state index in [1.807, 2.05) is 16.6 Å². The summed E-state index contributed by atoms with van der Waals surface area (Å²) in [5.74, 6) is 4.03. The summed E-state index contributed by atoms with van der Waals surface area (Å²) >= 11 is 0. The molecular weight excluding hydrogens is 368 g/mol. The second kappa shape index (κ2) is 7.90. The SMILES string of the molecule is COCc1nccc(N2CCC(c3nnc4ccc(N5CCCC5)nn34)CC2)n1. The molecule has 2 aliphatic heterocycles. The normalized spacial score (nSPS) is 18.1. The van der Waals surface area contributed by atoms with Crippen LogP contribution in [0.15, 0.2) is 24.4 Å². The zero-order valence-corrected chi connectivity index (χ0v) is 16.7. The molecule has 2 aliphatic rings. The third-order valence-corrected chi connectivity index (χ3v) is 5.85. The Hall–Kier alpha value is -2.81. The second-order valence-corrected chi connectivity index (χ2v) is 7.74. The number of hydrogen-bond acceptors (Lipinski definition) is 8. The molecule has 5 heterocycles. The molecule has 0 bridgehead atoms. The molecule has 3 aromatic heterocycles. The van der Waals surface area contributed by atoms with Crippen LogP contribution in [0.2, 0.25) is 0 Å². The van der Waals surface area contributed by atoms with Crippen molar-refractivity contribution in [3.05, 3.63) is 36.0 Å². The van der Waals surface area contributed by atoms with Gasteiger partial charge in [-0.2, -0.15) is 4.52 Å². The van der Waals surface area contributed by atoms with Gasteiger partial charge in [0.2, 0.25) is 0 Å². The van der Waals surface area contributed by atoms with E-state index in [0.29, 0.717) is 18.3 Å². The van der Waals surface area contributed by atoms with Crippen molar-refractivity contribution in [1.29, 1.82) is 0 Å². The fourth-order valence-corrected chi connectivity index (χ4v) is 4.30. The first kappa shape index (κ1) is 18.2. The van der Waals surface area contributed by atoms with Crippen LogP contribution in [0.1, 0.15) is 43.3 Å². The van der Waals surface area contributed by atoms with Gasteiger partial charge in [-0.05, 0) is 43.9 Å². The molecule has 29 heavy (non-hydrogen) atoms. The molecule has 2 saturated heterocycles. The summed E-state index contributed by atoms with van der Waals surface area (Å²) in [5, 5.41) is 13.7. The third-order valence-electron chi connectivity index (χ3n) is 5.85. The van der Waals surface area contributed by atoms with Gasteiger partial charge < -0.3 is 14.5 Å². The highest BCUT2D eigenvalue weighted by atomic mass is 16.5. The minimum atomic E-state index is 0.350. The lowest BCUT2D eigenvalue weighted by Gasteiger charge is -2.32. The van der Waals surface area contributed by atoms with E-state index < -0.39 is 0 Å². The van der Waals surface area contributed by atoms with Crippen LogP contribution in [0.3, 0.4) is 0 Å². The van der Waals surface area contributed by atoms with Crippen LogP contribution in [0, 0.1) is 0 Å². The maximum absolute atomic E-state index is 5.15. The second-order valence-electron chi connectivity index (χ2n) is 7.74. The van der Waals surface area contributed by atoms with E-state index in [-0.39, 0.29) is 0 Å². The van der Waals surface area contributed by atoms with E-state index in [9.17, 15) is 0 Å². The van der Waals surface area contributed by atoms with Crippen molar-refractivity contribution in [3.8, 4) is 0 Å². The Morgan fingerprint density at radius 1 is 0.966 bits per heavy atom. The van der Waals surface area contributed by atoms with Gasteiger partial charge in [0, 0.05) is 45.4 Å². The number of fused-ring (bicyclic) bond motifs is 1. The van der Waals surface area contributed by atoms with Gasteiger partial charge >= 0.3 is 0 Å². The van der Waals surface area contributed by atoms with Gasteiger partial charge in [0.25, 0.3) is 0 Å². The van der Waals surface area contributed by atoms with Crippen LogP contribution < -0.4 is 9.80 Å². The third kappa shape index (κ3) is 3.62. The molecule has 9 nitrogen and oxygen atoms in total. The maximum atomic E-state index is 5.15. The molecule has 0 radical (unpaired) electrons. The minimum Gasteiger partial charge on any atom is -0.377 e. The first-order valence-corrected chi connectivity index (χ1v) is 10.3.